The Bertz CT molecular complexity index is 438. The first-order valence-electron chi connectivity index (χ1n) is 5.57. The van der Waals surface area contributed by atoms with E-state index in [2.05, 4.69) is 0 Å². The van der Waals surface area contributed by atoms with E-state index in [-0.39, 0.29) is 18.3 Å². The predicted octanol–water partition coefficient (Wildman–Crippen LogP) is 1.91. The summed E-state index contributed by atoms with van der Waals surface area (Å²) in [6.07, 6.45) is -3.19. The second kappa shape index (κ2) is 4.64. The molecule has 2 rings (SSSR count). The number of nitrogens with two attached hydrogens (primary N) is 1. The van der Waals surface area contributed by atoms with Gasteiger partial charge in [0.15, 0.2) is 5.76 Å². The minimum Gasteiger partial charge on any atom is -0.455 e. The first-order valence-corrected chi connectivity index (χ1v) is 5.57. The van der Waals surface area contributed by atoms with Crippen molar-refractivity contribution < 1.29 is 22.4 Å². The van der Waals surface area contributed by atoms with Gasteiger partial charge in [-0.3, -0.25) is 4.79 Å². The Morgan fingerprint density at radius 3 is 2.56 bits per heavy atom. The quantitative estimate of drug-likeness (QED) is 0.901. The van der Waals surface area contributed by atoms with E-state index in [1.54, 1.807) is 0 Å². The zero-order chi connectivity index (χ0) is 13.3. The number of hydrogen-bond acceptors (Lipinski definition) is 3. The van der Waals surface area contributed by atoms with Gasteiger partial charge >= 0.3 is 6.18 Å². The molecule has 1 fully saturated rings. The van der Waals surface area contributed by atoms with Crippen LogP contribution < -0.4 is 5.73 Å². The third-order valence-electron chi connectivity index (χ3n) is 2.67. The zero-order valence-electron chi connectivity index (χ0n) is 9.54. The van der Waals surface area contributed by atoms with Crippen LogP contribution in [0.5, 0.6) is 0 Å². The molecule has 1 aliphatic rings. The molecule has 2 N–H and O–H groups in total. The Morgan fingerprint density at radius 2 is 2.11 bits per heavy atom. The molecule has 100 valence electrons. The summed E-state index contributed by atoms with van der Waals surface area (Å²) in [5.74, 6) is -0.442. The number of rotatable bonds is 4. The molecule has 1 saturated carbocycles. The van der Waals surface area contributed by atoms with Gasteiger partial charge in [-0.05, 0) is 25.0 Å². The van der Waals surface area contributed by atoms with Gasteiger partial charge in [0.05, 0.1) is 6.54 Å². The maximum atomic E-state index is 12.4. The number of alkyl halides is 3. The summed E-state index contributed by atoms with van der Waals surface area (Å²) in [6.45, 7) is -1.13. The van der Waals surface area contributed by atoms with E-state index in [9.17, 15) is 18.0 Å². The summed E-state index contributed by atoms with van der Waals surface area (Å²) in [5, 5.41) is 0. The van der Waals surface area contributed by atoms with Crippen LogP contribution in [0.3, 0.4) is 0 Å². The molecular weight excluding hydrogens is 249 g/mol. The topological polar surface area (TPSA) is 59.5 Å². The summed E-state index contributed by atoms with van der Waals surface area (Å²) in [6, 6.07) is 2.52. The van der Waals surface area contributed by atoms with Crippen LogP contribution in [-0.2, 0) is 6.54 Å². The van der Waals surface area contributed by atoms with E-state index in [0.717, 1.165) is 4.90 Å². The minimum absolute atomic E-state index is 0.0911. The van der Waals surface area contributed by atoms with Gasteiger partial charge in [-0.15, -0.1) is 0 Å². The van der Waals surface area contributed by atoms with Crippen molar-refractivity contribution in [2.24, 2.45) is 5.73 Å². The highest BCUT2D eigenvalue weighted by molar-refractivity contribution is 5.92. The van der Waals surface area contributed by atoms with Crippen molar-refractivity contribution in [2.75, 3.05) is 6.54 Å². The smallest absolute Gasteiger partial charge is 0.406 e. The third-order valence-corrected chi connectivity index (χ3v) is 2.67. The van der Waals surface area contributed by atoms with Crippen molar-refractivity contribution in [3.8, 4) is 0 Å². The Labute approximate surface area is 102 Å². The van der Waals surface area contributed by atoms with Gasteiger partial charge in [-0.2, -0.15) is 13.2 Å². The number of carbonyl (C=O) groups excluding carboxylic acids is 1. The van der Waals surface area contributed by atoms with E-state index in [1.807, 2.05) is 0 Å². The molecule has 0 radical (unpaired) electrons. The summed E-state index contributed by atoms with van der Waals surface area (Å²) < 4.78 is 42.3. The summed E-state index contributed by atoms with van der Waals surface area (Å²) in [7, 11) is 0. The Morgan fingerprint density at radius 1 is 1.44 bits per heavy atom. The molecule has 18 heavy (non-hydrogen) atoms. The highest BCUT2D eigenvalue weighted by atomic mass is 19.4. The van der Waals surface area contributed by atoms with Crippen LogP contribution in [0.15, 0.2) is 16.5 Å². The van der Waals surface area contributed by atoms with Gasteiger partial charge in [-0.1, -0.05) is 0 Å². The summed E-state index contributed by atoms with van der Waals surface area (Å²) in [5.41, 5.74) is 5.31. The van der Waals surface area contributed by atoms with Crippen LogP contribution in [0.1, 0.15) is 29.2 Å². The first-order chi connectivity index (χ1) is 8.40. The molecule has 0 bridgehead atoms. The van der Waals surface area contributed by atoms with Crippen molar-refractivity contribution in [3.63, 3.8) is 0 Å². The highest BCUT2D eigenvalue weighted by Crippen LogP contribution is 2.31. The van der Waals surface area contributed by atoms with E-state index in [4.69, 9.17) is 10.2 Å². The molecule has 1 heterocycles. The molecule has 0 aliphatic heterocycles. The first kappa shape index (κ1) is 12.9. The Hall–Kier alpha value is -1.50. The molecule has 4 nitrogen and oxygen atoms in total. The molecule has 1 amide bonds. The second-order valence-corrected chi connectivity index (χ2v) is 4.25. The predicted molar refractivity (Wildman–Crippen MR) is 56.7 cm³/mol. The fourth-order valence-corrected chi connectivity index (χ4v) is 1.69. The molecule has 0 unspecified atom stereocenters. The van der Waals surface area contributed by atoms with Crippen molar-refractivity contribution in [2.45, 2.75) is 31.6 Å². The van der Waals surface area contributed by atoms with Crippen LogP contribution in [-0.4, -0.2) is 29.6 Å². The normalized spacial score (nSPS) is 15.8. The third kappa shape index (κ3) is 3.04. The van der Waals surface area contributed by atoms with Crippen molar-refractivity contribution >= 4 is 5.91 Å². The van der Waals surface area contributed by atoms with E-state index < -0.39 is 18.6 Å². The van der Waals surface area contributed by atoms with E-state index >= 15 is 0 Å². The Kier molecular flexibility index (Phi) is 3.34. The Balaban J connectivity index is 2.13. The molecule has 1 aliphatic carbocycles. The molecule has 0 atom stereocenters. The van der Waals surface area contributed by atoms with Crippen LogP contribution in [0, 0.1) is 0 Å². The second-order valence-electron chi connectivity index (χ2n) is 4.25. The average Bonchev–Trinajstić information content (AvgIpc) is 3.01. The maximum absolute atomic E-state index is 12.4. The number of carbonyl (C=O) groups is 1. The number of furan rings is 1. The van der Waals surface area contributed by atoms with Crippen LogP contribution >= 0.6 is 0 Å². The number of halogens is 3. The zero-order valence-corrected chi connectivity index (χ0v) is 9.54. The number of amides is 1. The van der Waals surface area contributed by atoms with Crippen LogP contribution in [0.2, 0.25) is 0 Å². The number of hydrogen-bond donors (Lipinski definition) is 1. The standard InChI is InChI=1S/C11H13F3N2O2/c12-11(13,14)6-16(7-1-2-7)10(17)9-4-3-8(5-15)18-9/h3-4,7H,1-2,5-6,15H2. The fourth-order valence-electron chi connectivity index (χ4n) is 1.69. The molecular formula is C11H13F3N2O2. The highest BCUT2D eigenvalue weighted by Gasteiger charge is 2.41. The van der Waals surface area contributed by atoms with Gasteiger partial charge in [0.1, 0.15) is 12.3 Å². The van der Waals surface area contributed by atoms with Crippen molar-refractivity contribution in [1.82, 2.24) is 4.90 Å². The molecule has 1 aromatic heterocycles. The van der Waals surface area contributed by atoms with E-state index in [0.29, 0.717) is 18.6 Å². The minimum atomic E-state index is -4.40. The van der Waals surface area contributed by atoms with Gasteiger partial charge < -0.3 is 15.1 Å². The van der Waals surface area contributed by atoms with Gasteiger partial charge in [0.25, 0.3) is 5.91 Å². The van der Waals surface area contributed by atoms with Crippen LogP contribution in [0.25, 0.3) is 0 Å². The van der Waals surface area contributed by atoms with Crippen molar-refractivity contribution in [3.05, 3.63) is 23.7 Å². The monoisotopic (exact) mass is 262 g/mol. The average molecular weight is 262 g/mol. The molecule has 0 saturated heterocycles. The molecule has 7 heteroatoms. The van der Waals surface area contributed by atoms with Gasteiger partial charge in [0, 0.05) is 6.04 Å². The lowest BCUT2D eigenvalue weighted by molar-refractivity contribution is -0.141. The fraction of sp³-hybridized carbons (Fsp3) is 0.545. The lowest BCUT2D eigenvalue weighted by atomic mass is 10.3. The molecule has 0 aromatic carbocycles. The van der Waals surface area contributed by atoms with Gasteiger partial charge in [-0.25, -0.2) is 0 Å². The van der Waals surface area contributed by atoms with Crippen LogP contribution in [0.4, 0.5) is 13.2 Å². The van der Waals surface area contributed by atoms with E-state index in [1.165, 1.54) is 12.1 Å². The lowest BCUT2D eigenvalue weighted by Crippen LogP contribution is -2.40. The largest absolute Gasteiger partial charge is 0.455 e. The summed E-state index contributed by atoms with van der Waals surface area (Å²) >= 11 is 0. The summed E-state index contributed by atoms with van der Waals surface area (Å²) in [4.78, 5) is 12.7. The lowest BCUT2D eigenvalue weighted by Gasteiger charge is -2.22. The van der Waals surface area contributed by atoms with Gasteiger partial charge in [0.2, 0.25) is 0 Å². The number of nitrogens with zero attached hydrogens (tertiary/aromatic N) is 1. The maximum Gasteiger partial charge on any atom is 0.406 e. The molecule has 1 aromatic rings. The SMILES string of the molecule is NCc1ccc(C(=O)N(CC(F)(F)F)C2CC2)o1. The molecule has 0 spiro atoms. The van der Waals surface area contributed by atoms with Crippen molar-refractivity contribution in [1.29, 1.82) is 0 Å².